The van der Waals surface area contributed by atoms with E-state index < -0.39 is 9.84 Å². The Balaban J connectivity index is 1.86. The smallest absolute Gasteiger partial charge is 0.150 e. The van der Waals surface area contributed by atoms with Gasteiger partial charge in [0.2, 0.25) is 0 Å². The van der Waals surface area contributed by atoms with Gasteiger partial charge in [-0.2, -0.15) is 0 Å². The number of hydrogen-bond donors (Lipinski definition) is 0. The number of hydrogen-bond acceptors (Lipinski definition) is 2. The first-order chi connectivity index (χ1) is 8.55. The normalized spacial score (nSPS) is 17.2. The van der Waals surface area contributed by atoms with Crippen LogP contribution >= 0.6 is 11.6 Å². The van der Waals surface area contributed by atoms with Crippen LogP contribution in [0.2, 0.25) is 5.02 Å². The highest BCUT2D eigenvalue weighted by atomic mass is 35.5. The topological polar surface area (TPSA) is 34.1 Å². The van der Waals surface area contributed by atoms with Crippen molar-refractivity contribution in [2.45, 2.75) is 32.1 Å². The Morgan fingerprint density at radius 2 is 1.72 bits per heavy atom. The van der Waals surface area contributed by atoms with Crippen LogP contribution in [-0.2, 0) is 16.3 Å². The molecule has 100 valence electrons. The maximum absolute atomic E-state index is 12.0. The van der Waals surface area contributed by atoms with Crippen molar-refractivity contribution in [1.29, 1.82) is 0 Å². The summed E-state index contributed by atoms with van der Waals surface area (Å²) in [4.78, 5) is 0. The Bertz CT molecular complexity index is 473. The van der Waals surface area contributed by atoms with E-state index in [0.29, 0.717) is 23.1 Å². The van der Waals surface area contributed by atoms with E-state index in [1.54, 1.807) is 12.1 Å². The van der Waals surface area contributed by atoms with Gasteiger partial charge in [-0.15, -0.1) is 0 Å². The molecule has 0 saturated heterocycles. The van der Waals surface area contributed by atoms with Crippen LogP contribution in [0.3, 0.4) is 0 Å². The summed E-state index contributed by atoms with van der Waals surface area (Å²) in [6.45, 7) is 0. The van der Waals surface area contributed by atoms with Gasteiger partial charge >= 0.3 is 0 Å². The molecule has 4 heteroatoms. The molecule has 1 aliphatic rings. The van der Waals surface area contributed by atoms with Gasteiger partial charge in [0.25, 0.3) is 0 Å². The molecule has 0 aromatic heterocycles. The molecule has 0 N–H and O–H groups in total. The van der Waals surface area contributed by atoms with Gasteiger partial charge in [0.05, 0.1) is 11.5 Å². The van der Waals surface area contributed by atoms with E-state index in [9.17, 15) is 8.42 Å². The highest BCUT2D eigenvalue weighted by Gasteiger charge is 2.22. The van der Waals surface area contributed by atoms with Crippen molar-refractivity contribution in [3.8, 4) is 0 Å². The molecule has 0 bridgehead atoms. The zero-order valence-corrected chi connectivity index (χ0v) is 12.0. The van der Waals surface area contributed by atoms with Crippen molar-refractivity contribution in [2.75, 3.05) is 11.5 Å². The molecule has 18 heavy (non-hydrogen) atoms. The maximum atomic E-state index is 12.0. The second-order valence-electron chi connectivity index (χ2n) is 5.14. The first-order valence-electron chi connectivity index (χ1n) is 6.50. The minimum atomic E-state index is -2.91. The SMILES string of the molecule is O=S(=O)(CCc1ccc(Cl)cc1)CC1CCCC1. The molecule has 1 aromatic carbocycles. The van der Waals surface area contributed by atoms with Crippen LogP contribution in [0.15, 0.2) is 24.3 Å². The quantitative estimate of drug-likeness (QED) is 0.830. The van der Waals surface area contributed by atoms with Crippen LogP contribution in [0.25, 0.3) is 0 Å². The highest BCUT2D eigenvalue weighted by Crippen LogP contribution is 2.26. The lowest BCUT2D eigenvalue weighted by atomic mass is 10.1. The molecule has 0 amide bonds. The number of sulfone groups is 1. The number of halogens is 1. The van der Waals surface area contributed by atoms with Gasteiger partial charge in [-0.25, -0.2) is 8.42 Å². The molecule has 0 heterocycles. The molecule has 0 atom stereocenters. The fourth-order valence-electron chi connectivity index (χ4n) is 2.54. The van der Waals surface area contributed by atoms with Gasteiger partial charge in [-0.05, 0) is 42.9 Å². The first-order valence-corrected chi connectivity index (χ1v) is 8.70. The van der Waals surface area contributed by atoms with Crippen molar-refractivity contribution in [3.63, 3.8) is 0 Å². The summed E-state index contributed by atoms with van der Waals surface area (Å²) in [7, 11) is -2.91. The van der Waals surface area contributed by atoms with E-state index >= 15 is 0 Å². The van der Waals surface area contributed by atoms with Crippen LogP contribution in [0, 0.1) is 5.92 Å². The third-order valence-electron chi connectivity index (χ3n) is 3.58. The summed E-state index contributed by atoms with van der Waals surface area (Å²) in [6, 6.07) is 7.40. The van der Waals surface area contributed by atoms with E-state index in [1.807, 2.05) is 12.1 Å². The van der Waals surface area contributed by atoms with Crippen LogP contribution in [0.5, 0.6) is 0 Å². The Morgan fingerprint density at radius 1 is 1.11 bits per heavy atom. The zero-order valence-electron chi connectivity index (χ0n) is 10.4. The van der Waals surface area contributed by atoms with E-state index in [2.05, 4.69) is 0 Å². The summed E-state index contributed by atoms with van der Waals surface area (Å²) in [5.74, 6) is 1.03. The van der Waals surface area contributed by atoms with Crippen molar-refractivity contribution < 1.29 is 8.42 Å². The minimum absolute atomic E-state index is 0.255. The van der Waals surface area contributed by atoms with Crippen LogP contribution in [0.1, 0.15) is 31.2 Å². The van der Waals surface area contributed by atoms with E-state index in [1.165, 1.54) is 12.8 Å². The summed E-state index contributed by atoms with van der Waals surface area (Å²) >= 11 is 5.80. The maximum Gasteiger partial charge on any atom is 0.150 e. The molecular formula is C14H19ClO2S. The molecule has 1 aliphatic carbocycles. The molecule has 1 aromatic rings. The Hall–Kier alpha value is -0.540. The van der Waals surface area contributed by atoms with Gasteiger partial charge in [0.1, 0.15) is 0 Å². The van der Waals surface area contributed by atoms with Gasteiger partial charge in [-0.3, -0.25) is 0 Å². The third kappa shape index (κ3) is 4.29. The fraction of sp³-hybridized carbons (Fsp3) is 0.571. The lowest BCUT2D eigenvalue weighted by Crippen LogP contribution is -2.18. The summed E-state index contributed by atoms with van der Waals surface area (Å²) in [6.07, 6.45) is 5.14. The van der Waals surface area contributed by atoms with E-state index in [-0.39, 0.29) is 5.75 Å². The van der Waals surface area contributed by atoms with Crippen LogP contribution in [0.4, 0.5) is 0 Å². The second kappa shape index (κ2) is 6.07. The van der Waals surface area contributed by atoms with Crippen LogP contribution < -0.4 is 0 Å². The molecule has 2 rings (SSSR count). The molecule has 2 nitrogen and oxygen atoms in total. The van der Waals surface area contributed by atoms with Gasteiger partial charge in [0, 0.05) is 5.02 Å². The first kappa shape index (κ1) is 13.9. The van der Waals surface area contributed by atoms with Crippen molar-refractivity contribution in [2.24, 2.45) is 5.92 Å². The summed E-state index contributed by atoms with van der Waals surface area (Å²) in [5, 5.41) is 0.688. The predicted octanol–water partition coefficient (Wildman–Crippen LogP) is 3.49. The molecule has 0 aliphatic heterocycles. The van der Waals surface area contributed by atoms with E-state index in [4.69, 9.17) is 11.6 Å². The average Bonchev–Trinajstić information content (AvgIpc) is 2.80. The fourth-order valence-corrected chi connectivity index (χ4v) is 4.43. The average molecular weight is 287 g/mol. The molecule has 0 unspecified atom stereocenters. The Labute approximate surface area is 114 Å². The van der Waals surface area contributed by atoms with Crippen molar-refractivity contribution in [3.05, 3.63) is 34.9 Å². The van der Waals surface area contributed by atoms with Gasteiger partial charge in [0.15, 0.2) is 9.84 Å². The molecule has 0 spiro atoms. The summed E-state index contributed by atoms with van der Waals surface area (Å²) < 4.78 is 24.0. The third-order valence-corrected chi connectivity index (χ3v) is 5.64. The van der Waals surface area contributed by atoms with Gasteiger partial charge in [-0.1, -0.05) is 36.6 Å². The molecule has 1 saturated carbocycles. The number of aryl methyl sites for hydroxylation is 1. The number of rotatable bonds is 5. The van der Waals surface area contributed by atoms with Crippen molar-refractivity contribution >= 4 is 21.4 Å². The summed E-state index contributed by atoms with van der Waals surface area (Å²) in [5.41, 5.74) is 1.04. The molecule has 1 fully saturated rings. The standard InChI is InChI=1S/C14H19ClO2S/c15-14-7-5-12(6-8-14)9-10-18(16,17)11-13-3-1-2-4-13/h5-8,13H,1-4,9-11H2. The largest absolute Gasteiger partial charge is 0.229 e. The van der Waals surface area contributed by atoms with Crippen molar-refractivity contribution in [1.82, 2.24) is 0 Å². The van der Waals surface area contributed by atoms with Gasteiger partial charge < -0.3 is 0 Å². The molecule has 0 radical (unpaired) electrons. The molecular weight excluding hydrogens is 268 g/mol. The predicted molar refractivity (Wildman–Crippen MR) is 75.8 cm³/mol. The number of benzene rings is 1. The highest BCUT2D eigenvalue weighted by molar-refractivity contribution is 7.91. The lowest BCUT2D eigenvalue weighted by molar-refractivity contribution is 0.558. The van der Waals surface area contributed by atoms with E-state index in [0.717, 1.165) is 18.4 Å². The minimum Gasteiger partial charge on any atom is -0.229 e. The monoisotopic (exact) mass is 286 g/mol. The Kier molecular flexibility index (Phi) is 4.68. The second-order valence-corrected chi connectivity index (χ2v) is 7.81. The zero-order chi connectivity index (χ0) is 13.0. The lowest BCUT2D eigenvalue weighted by Gasteiger charge is -2.09. The Morgan fingerprint density at radius 3 is 2.33 bits per heavy atom. The van der Waals surface area contributed by atoms with Crippen LogP contribution in [-0.4, -0.2) is 19.9 Å².